The molecule has 0 aliphatic heterocycles. The summed E-state index contributed by atoms with van der Waals surface area (Å²) in [6.45, 7) is 0. The molecule has 10 nitrogen and oxygen atoms in total. The average molecular weight is 527 g/mol. The summed E-state index contributed by atoms with van der Waals surface area (Å²) in [5.41, 5.74) is 16.8. The molecule has 0 saturated carbocycles. The van der Waals surface area contributed by atoms with Crippen LogP contribution in [0.5, 0.6) is 11.5 Å². The molecule has 0 heterocycles. The van der Waals surface area contributed by atoms with Gasteiger partial charge in [0.2, 0.25) is 0 Å². The van der Waals surface area contributed by atoms with E-state index in [0.717, 1.165) is 45.6 Å². The second-order valence-electron chi connectivity index (χ2n) is 7.40. The fourth-order valence-corrected chi connectivity index (χ4v) is 2.81. The van der Waals surface area contributed by atoms with Crippen LogP contribution in [0, 0.1) is 0 Å². The van der Waals surface area contributed by atoms with Gasteiger partial charge in [0.25, 0.3) is 0 Å². The molecule has 4 rings (SSSR count). The van der Waals surface area contributed by atoms with Gasteiger partial charge < -0.3 is 31.6 Å². The van der Waals surface area contributed by atoms with Crippen molar-refractivity contribution in [1.29, 1.82) is 0 Å². The summed E-state index contributed by atoms with van der Waals surface area (Å²) in [5.74, 6) is 1.70. The van der Waals surface area contributed by atoms with E-state index in [4.69, 9.17) is 38.5 Å². The summed E-state index contributed by atoms with van der Waals surface area (Å²) in [4.78, 5) is 0. The zero-order valence-corrected chi connectivity index (χ0v) is 21.1. The van der Waals surface area contributed by atoms with E-state index in [9.17, 15) is 0 Å². The lowest BCUT2D eigenvalue weighted by molar-refractivity contribution is 0.381. The molecule has 11 heteroatoms. The molecule has 0 bridgehead atoms. The molecule has 8 N–H and O–H groups in total. The second kappa shape index (κ2) is 14.2. The minimum Gasteiger partial charge on any atom is -0.497 e. The molecule has 4 aromatic carbocycles. The van der Waals surface area contributed by atoms with Crippen LogP contribution >= 0.6 is 0 Å². The van der Waals surface area contributed by atoms with E-state index in [1.165, 1.54) is 0 Å². The largest absolute Gasteiger partial charge is 0.497 e. The van der Waals surface area contributed by atoms with E-state index < -0.39 is 10.4 Å². The zero-order chi connectivity index (χ0) is 27.3. The quantitative estimate of drug-likeness (QED) is 0.141. The molecule has 0 unspecified atom stereocenters. The lowest BCUT2D eigenvalue weighted by atomic mass is 10.2. The zero-order valence-electron chi connectivity index (χ0n) is 20.3. The fourth-order valence-electron chi connectivity index (χ4n) is 2.81. The number of rotatable bonds is 6. The van der Waals surface area contributed by atoms with Gasteiger partial charge in [-0.2, -0.15) is 8.42 Å². The number of nitrogen functional groups attached to an aromatic ring is 2. The Morgan fingerprint density at radius 3 is 0.973 bits per heavy atom. The monoisotopic (exact) mass is 526 g/mol. The topological polar surface area (TPSA) is 169 Å². The second-order valence-corrected chi connectivity index (χ2v) is 8.29. The van der Waals surface area contributed by atoms with Crippen molar-refractivity contribution < 1.29 is 27.0 Å². The Morgan fingerprint density at radius 2 is 0.757 bits per heavy atom. The van der Waals surface area contributed by atoms with Gasteiger partial charge in [-0.15, -0.1) is 0 Å². The Kier molecular flexibility index (Phi) is 11.0. The van der Waals surface area contributed by atoms with Crippen molar-refractivity contribution in [3.63, 3.8) is 0 Å². The molecule has 0 amide bonds. The molecule has 37 heavy (non-hydrogen) atoms. The average Bonchev–Trinajstić information content (AvgIpc) is 2.87. The predicted molar refractivity (Wildman–Crippen MR) is 148 cm³/mol. The van der Waals surface area contributed by atoms with Crippen molar-refractivity contribution >= 4 is 44.5 Å². The smallest absolute Gasteiger partial charge is 0.394 e. The molecule has 4 aromatic rings. The number of ether oxygens (including phenoxy) is 2. The van der Waals surface area contributed by atoms with Gasteiger partial charge in [-0.25, -0.2) is 0 Å². The molecule has 0 aliphatic carbocycles. The van der Waals surface area contributed by atoms with Crippen LogP contribution in [0.15, 0.2) is 97.1 Å². The Bertz CT molecular complexity index is 1210. The van der Waals surface area contributed by atoms with Gasteiger partial charge in [0.15, 0.2) is 0 Å². The maximum atomic E-state index is 8.74. The molecule has 0 aromatic heterocycles. The van der Waals surface area contributed by atoms with Crippen LogP contribution in [0.3, 0.4) is 0 Å². The van der Waals surface area contributed by atoms with E-state index >= 15 is 0 Å². The highest BCUT2D eigenvalue weighted by molar-refractivity contribution is 7.79. The number of nitrogens with one attached hydrogen (secondary N) is 2. The van der Waals surface area contributed by atoms with Crippen LogP contribution in [0.25, 0.3) is 0 Å². The van der Waals surface area contributed by atoms with E-state index in [1.54, 1.807) is 14.2 Å². The molecule has 0 fully saturated rings. The highest BCUT2D eigenvalue weighted by Crippen LogP contribution is 2.21. The minimum absolute atomic E-state index is 0.764. The highest BCUT2D eigenvalue weighted by atomic mass is 32.3. The Morgan fingerprint density at radius 1 is 0.541 bits per heavy atom. The molecule has 0 spiro atoms. The van der Waals surface area contributed by atoms with Crippen LogP contribution < -0.4 is 31.6 Å². The summed E-state index contributed by atoms with van der Waals surface area (Å²) < 4.78 is 41.8. The van der Waals surface area contributed by atoms with E-state index in [2.05, 4.69) is 10.6 Å². The summed E-state index contributed by atoms with van der Waals surface area (Å²) in [5, 5.41) is 6.54. The first-order valence-electron chi connectivity index (χ1n) is 10.8. The van der Waals surface area contributed by atoms with Crippen LogP contribution in [-0.4, -0.2) is 31.7 Å². The Hall–Kier alpha value is -4.45. The highest BCUT2D eigenvalue weighted by Gasteiger charge is 1.96. The van der Waals surface area contributed by atoms with Crippen molar-refractivity contribution in [2.45, 2.75) is 0 Å². The van der Waals surface area contributed by atoms with Crippen LogP contribution in [0.2, 0.25) is 0 Å². The fraction of sp³-hybridized carbons (Fsp3) is 0.0769. The number of nitrogens with two attached hydrogens (primary N) is 2. The third kappa shape index (κ3) is 12.2. The van der Waals surface area contributed by atoms with Gasteiger partial charge in [0, 0.05) is 34.1 Å². The van der Waals surface area contributed by atoms with Gasteiger partial charge >= 0.3 is 10.4 Å². The van der Waals surface area contributed by atoms with Crippen molar-refractivity contribution in [1.82, 2.24) is 0 Å². The third-order valence-electron chi connectivity index (χ3n) is 4.58. The summed E-state index contributed by atoms with van der Waals surface area (Å²) in [7, 11) is -1.36. The molecule has 196 valence electrons. The maximum Gasteiger partial charge on any atom is 0.394 e. The summed E-state index contributed by atoms with van der Waals surface area (Å²) in [6, 6.07) is 30.8. The van der Waals surface area contributed by atoms with Crippen LogP contribution in [-0.2, 0) is 10.4 Å². The minimum atomic E-state index is -4.67. The SMILES string of the molecule is COc1ccc(Nc2ccc(N)cc2)cc1.COc1ccc(Nc2ccc(N)cc2)cc1.O=S(=O)(O)O. The van der Waals surface area contributed by atoms with Gasteiger partial charge in [0.05, 0.1) is 14.2 Å². The normalized spacial score (nSPS) is 10.1. The number of hydrogen-bond acceptors (Lipinski definition) is 8. The predicted octanol–water partition coefficient (Wildman–Crippen LogP) is 5.39. The Labute approximate surface area is 216 Å². The first kappa shape index (κ1) is 28.8. The first-order valence-corrected chi connectivity index (χ1v) is 12.2. The third-order valence-corrected chi connectivity index (χ3v) is 4.58. The number of benzene rings is 4. The van der Waals surface area contributed by atoms with E-state index in [0.29, 0.717) is 0 Å². The Balaban J connectivity index is 0.000000221. The van der Waals surface area contributed by atoms with Crippen molar-refractivity contribution in [2.24, 2.45) is 0 Å². The first-order chi connectivity index (χ1) is 17.6. The molecule has 0 aliphatic rings. The van der Waals surface area contributed by atoms with E-state index in [-0.39, 0.29) is 0 Å². The molecule has 0 radical (unpaired) electrons. The maximum absolute atomic E-state index is 8.74. The van der Waals surface area contributed by atoms with Crippen molar-refractivity contribution in [2.75, 3.05) is 36.3 Å². The lowest BCUT2D eigenvalue weighted by Crippen LogP contribution is -1.91. The van der Waals surface area contributed by atoms with Crippen molar-refractivity contribution in [3.05, 3.63) is 97.1 Å². The van der Waals surface area contributed by atoms with Gasteiger partial charge in [0.1, 0.15) is 11.5 Å². The molecular weight excluding hydrogens is 496 g/mol. The summed E-state index contributed by atoms with van der Waals surface area (Å²) >= 11 is 0. The van der Waals surface area contributed by atoms with Gasteiger partial charge in [-0.05, 0) is 97.1 Å². The number of methoxy groups -OCH3 is 2. The van der Waals surface area contributed by atoms with Crippen LogP contribution in [0.4, 0.5) is 34.1 Å². The standard InChI is InChI=1S/2C13H14N2O.H2O4S/c2*1-16-13-8-6-12(7-9-13)15-11-4-2-10(14)3-5-11;1-5(2,3)4/h2*2-9,15H,14H2,1H3;(H2,1,2,3,4). The molecular formula is C26H30N4O6S. The molecule has 0 atom stereocenters. The number of hydrogen-bond donors (Lipinski definition) is 6. The number of anilines is 6. The van der Waals surface area contributed by atoms with Crippen LogP contribution in [0.1, 0.15) is 0 Å². The van der Waals surface area contributed by atoms with Crippen molar-refractivity contribution in [3.8, 4) is 11.5 Å². The molecule has 0 saturated heterocycles. The summed E-state index contributed by atoms with van der Waals surface area (Å²) in [6.07, 6.45) is 0. The van der Waals surface area contributed by atoms with Gasteiger partial charge in [-0.1, -0.05) is 0 Å². The van der Waals surface area contributed by atoms with Gasteiger partial charge in [-0.3, -0.25) is 9.11 Å². The van der Waals surface area contributed by atoms with E-state index in [1.807, 2.05) is 97.1 Å². The lowest BCUT2D eigenvalue weighted by Gasteiger charge is -2.07.